The zero-order chi connectivity index (χ0) is 35.2. The first kappa shape index (κ1) is 35.5. The summed E-state index contributed by atoms with van der Waals surface area (Å²) in [6.07, 6.45) is 6.66. The number of halogens is 2. The number of aromatic nitrogens is 4. The molecule has 14 heteroatoms. The monoisotopic (exact) mass is 718 g/mol. The van der Waals surface area contributed by atoms with Crippen LogP contribution in [0.2, 0.25) is 10.0 Å². The van der Waals surface area contributed by atoms with E-state index in [0.29, 0.717) is 93.9 Å². The van der Waals surface area contributed by atoms with Gasteiger partial charge in [-0.15, -0.1) is 0 Å². The molecule has 0 bridgehead atoms. The van der Waals surface area contributed by atoms with Crippen molar-refractivity contribution in [2.45, 2.75) is 57.8 Å². The molecule has 4 heterocycles. The SMILES string of the molecule is COc1nc(-c2cccc(-c3cccc(-c4cnc(CNC5CCCN(C(C)=O)C5)c(OC)n4)c3Cl)c2Cl)cnc1CNC[C@H]1CCC(=O)N1. The Labute approximate surface area is 301 Å². The maximum absolute atomic E-state index is 11.9. The third kappa shape index (κ3) is 7.99. The van der Waals surface area contributed by atoms with E-state index in [1.54, 1.807) is 33.5 Å². The minimum Gasteiger partial charge on any atom is -0.480 e. The number of ether oxygens (including phenoxy) is 2. The lowest BCUT2D eigenvalue weighted by Crippen LogP contribution is -2.47. The summed E-state index contributed by atoms with van der Waals surface area (Å²) in [5.74, 6) is 0.949. The maximum atomic E-state index is 11.9. The third-order valence-electron chi connectivity index (χ3n) is 9.04. The van der Waals surface area contributed by atoms with Crippen molar-refractivity contribution in [2.24, 2.45) is 0 Å². The fourth-order valence-electron chi connectivity index (χ4n) is 6.36. The Kier molecular flexibility index (Phi) is 11.4. The van der Waals surface area contributed by atoms with Crippen molar-refractivity contribution in [3.05, 3.63) is 70.2 Å². The number of rotatable bonds is 12. The minimum absolute atomic E-state index is 0.0805. The Morgan fingerprint density at radius 2 is 1.48 bits per heavy atom. The van der Waals surface area contributed by atoms with Gasteiger partial charge in [0.05, 0.1) is 48.0 Å². The van der Waals surface area contributed by atoms with Gasteiger partial charge in [0, 0.05) is 80.4 Å². The second-order valence-electron chi connectivity index (χ2n) is 12.4. The number of nitrogens with zero attached hydrogens (tertiary/aromatic N) is 5. The van der Waals surface area contributed by atoms with Gasteiger partial charge in [-0.1, -0.05) is 59.6 Å². The van der Waals surface area contributed by atoms with Gasteiger partial charge in [-0.25, -0.2) is 9.97 Å². The number of amides is 2. The summed E-state index contributed by atoms with van der Waals surface area (Å²) in [7, 11) is 3.12. The van der Waals surface area contributed by atoms with Gasteiger partial charge in [-0.05, 0) is 19.3 Å². The number of methoxy groups -OCH3 is 2. The standard InChI is InChI=1S/C36H40Cl2N8O4/c1-21(47)46-14-6-7-23(20-46)40-19-31-36(50-3)45-29(18-42-31)27-11-5-9-25(34(27)38)24-8-4-10-26(33(24)37)28-17-41-30(35(44-28)49-2)16-39-15-22-12-13-32(48)43-22/h4-5,8-11,17-18,22-23,39-40H,6-7,12-16,19-20H2,1-3H3,(H,43,48)/t22-,23?/m1/s1. The van der Waals surface area contributed by atoms with E-state index in [-0.39, 0.29) is 23.9 Å². The molecule has 50 heavy (non-hydrogen) atoms. The Balaban J connectivity index is 1.20. The average Bonchev–Trinajstić information content (AvgIpc) is 3.55. The van der Waals surface area contributed by atoms with Gasteiger partial charge in [0.2, 0.25) is 23.6 Å². The number of nitrogens with one attached hydrogen (secondary N) is 3. The van der Waals surface area contributed by atoms with Crippen molar-refractivity contribution in [3.8, 4) is 45.4 Å². The zero-order valence-corrected chi connectivity index (χ0v) is 29.8. The first-order valence-electron chi connectivity index (χ1n) is 16.6. The summed E-state index contributed by atoms with van der Waals surface area (Å²) in [5, 5.41) is 10.7. The van der Waals surface area contributed by atoms with E-state index < -0.39 is 0 Å². The fourth-order valence-corrected chi connectivity index (χ4v) is 7.01. The van der Waals surface area contributed by atoms with Crippen LogP contribution in [0.1, 0.15) is 44.0 Å². The first-order valence-corrected chi connectivity index (χ1v) is 17.4. The Bertz CT molecular complexity index is 1880. The minimum atomic E-state index is 0.0805. The van der Waals surface area contributed by atoms with Gasteiger partial charge in [-0.2, -0.15) is 0 Å². The summed E-state index contributed by atoms with van der Waals surface area (Å²) >= 11 is 14.1. The topological polar surface area (TPSA) is 143 Å². The van der Waals surface area contributed by atoms with Gasteiger partial charge in [0.15, 0.2) is 0 Å². The molecule has 2 aromatic carbocycles. The van der Waals surface area contributed by atoms with Crippen LogP contribution in [-0.4, -0.2) is 82.6 Å². The van der Waals surface area contributed by atoms with E-state index in [4.69, 9.17) is 42.6 Å². The van der Waals surface area contributed by atoms with Crippen molar-refractivity contribution in [1.82, 2.24) is 40.8 Å². The van der Waals surface area contributed by atoms with Crippen molar-refractivity contribution < 1.29 is 19.1 Å². The molecule has 0 aliphatic carbocycles. The lowest BCUT2D eigenvalue weighted by atomic mass is 9.98. The fraction of sp³-hybridized carbons (Fsp3) is 0.389. The number of piperidine rings is 1. The van der Waals surface area contributed by atoms with E-state index in [9.17, 15) is 9.59 Å². The molecule has 3 N–H and O–H groups in total. The molecule has 2 fully saturated rings. The van der Waals surface area contributed by atoms with Crippen LogP contribution in [0.4, 0.5) is 0 Å². The van der Waals surface area contributed by atoms with Crippen LogP contribution in [0.15, 0.2) is 48.8 Å². The van der Waals surface area contributed by atoms with E-state index in [1.165, 1.54) is 0 Å². The second kappa shape index (κ2) is 16.1. The highest BCUT2D eigenvalue weighted by Crippen LogP contribution is 2.42. The molecule has 2 aliphatic rings. The zero-order valence-electron chi connectivity index (χ0n) is 28.3. The van der Waals surface area contributed by atoms with Crippen LogP contribution in [0, 0.1) is 0 Å². The van der Waals surface area contributed by atoms with Crippen LogP contribution >= 0.6 is 23.2 Å². The van der Waals surface area contributed by atoms with Gasteiger partial charge >= 0.3 is 0 Å². The summed E-state index contributed by atoms with van der Waals surface area (Å²) in [5.41, 5.74) is 5.21. The van der Waals surface area contributed by atoms with Crippen molar-refractivity contribution >= 4 is 35.0 Å². The van der Waals surface area contributed by atoms with E-state index in [1.807, 2.05) is 41.3 Å². The number of benzene rings is 2. The van der Waals surface area contributed by atoms with E-state index >= 15 is 0 Å². The number of hydrogen-bond acceptors (Lipinski definition) is 10. The number of hydrogen-bond donors (Lipinski definition) is 3. The predicted octanol–water partition coefficient (Wildman–Crippen LogP) is 5.06. The van der Waals surface area contributed by atoms with E-state index in [2.05, 4.69) is 25.9 Å². The molecule has 4 aromatic rings. The highest BCUT2D eigenvalue weighted by Gasteiger charge is 2.24. The smallest absolute Gasteiger partial charge is 0.237 e. The molecule has 2 saturated heterocycles. The Morgan fingerprint density at radius 1 is 0.900 bits per heavy atom. The van der Waals surface area contributed by atoms with Crippen molar-refractivity contribution in [1.29, 1.82) is 0 Å². The van der Waals surface area contributed by atoms with Crippen LogP contribution in [0.3, 0.4) is 0 Å². The predicted molar refractivity (Wildman–Crippen MR) is 192 cm³/mol. The molecule has 1 unspecified atom stereocenters. The van der Waals surface area contributed by atoms with Crippen LogP contribution in [-0.2, 0) is 22.7 Å². The quantitative estimate of drug-likeness (QED) is 0.182. The summed E-state index contributed by atoms with van der Waals surface area (Å²) in [4.78, 5) is 44.0. The summed E-state index contributed by atoms with van der Waals surface area (Å²) in [6, 6.07) is 11.6. The molecule has 262 valence electrons. The maximum Gasteiger partial charge on any atom is 0.237 e. The van der Waals surface area contributed by atoms with Gasteiger partial charge in [0.25, 0.3) is 0 Å². The number of likely N-dealkylation sites (tertiary alicyclic amines) is 1. The molecule has 12 nitrogen and oxygen atoms in total. The molecule has 0 radical (unpaired) electrons. The van der Waals surface area contributed by atoms with Gasteiger partial charge in [-0.3, -0.25) is 19.6 Å². The molecule has 6 rings (SSSR count). The van der Waals surface area contributed by atoms with Crippen LogP contribution < -0.4 is 25.4 Å². The Morgan fingerprint density at radius 3 is 2.02 bits per heavy atom. The van der Waals surface area contributed by atoms with Crippen LogP contribution in [0.5, 0.6) is 11.8 Å². The molecule has 2 aromatic heterocycles. The molecular weight excluding hydrogens is 679 g/mol. The summed E-state index contributed by atoms with van der Waals surface area (Å²) < 4.78 is 11.2. The van der Waals surface area contributed by atoms with Crippen molar-refractivity contribution in [3.63, 3.8) is 0 Å². The molecule has 2 aliphatic heterocycles. The van der Waals surface area contributed by atoms with Gasteiger partial charge in [0.1, 0.15) is 11.4 Å². The lowest BCUT2D eigenvalue weighted by molar-refractivity contribution is -0.130. The van der Waals surface area contributed by atoms with Crippen LogP contribution in [0.25, 0.3) is 33.6 Å². The number of carbonyl (C=O) groups excluding carboxylic acids is 2. The third-order valence-corrected chi connectivity index (χ3v) is 9.86. The molecule has 2 atom stereocenters. The first-order chi connectivity index (χ1) is 24.2. The molecule has 0 saturated carbocycles. The average molecular weight is 720 g/mol. The summed E-state index contributed by atoms with van der Waals surface area (Å²) in [6.45, 7) is 4.58. The highest BCUT2D eigenvalue weighted by atomic mass is 35.5. The largest absolute Gasteiger partial charge is 0.480 e. The normalized spacial score (nSPS) is 17.5. The second-order valence-corrected chi connectivity index (χ2v) is 13.1. The lowest BCUT2D eigenvalue weighted by Gasteiger charge is -2.32. The Hall–Kier alpha value is -4.36. The molecule has 0 spiro atoms. The highest BCUT2D eigenvalue weighted by molar-refractivity contribution is 6.39. The van der Waals surface area contributed by atoms with Crippen molar-refractivity contribution in [2.75, 3.05) is 33.9 Å². The molecular formula is C36H40Cl2N8O4. The van der Waals surface area contributed by atoms with E-state index in [0.717, 1.165) is 31.4 Å². The number of carbonyl (C=O) groups is 2. The van der Waals surface area contributed by atoms with Gasteiger partial charge < -0.3 is 30.3 Å². The molecule has 2 amide bonds.